The Labute approximate surface area is 128 Å². The number of aliphatic hydroxyl groups excluding tert-OH is 2. The van der Waals surface area contributed by atoms with Crippen LogP contribution < -0.4 is 59.1 Å². The summed E-state index contributed by atoms with van der Waals surface area (Å²) in [4.78, 5) is 0. The van der Waals surface area contributed by atoms with Crippen molar-refractivity contribution in [1.29, 1.82) is 0 Å². The fourth-order valence-electron chi connectivity index (χ4n) is 0. The predicted molar refractivity (Wildman–Crippen MR) is 34.0 cm³/mol. The molecule has 0 heterocycles. The average Bonchev–Trinajstić information content (AvgIpc) is 1.93. The first-order valence-corrected chi connectivity index (χ1v) is 3.63. The van der Waals surface area contributed by atoms with Crippen LogP contribution in [0.4, 0.5) is 0 Å². The zero-order chi connectivity index (χ0) is 11.2. The van der Waals surface area contributed by atoms with E-state index < -0.39 is 21.2 Å². The Balaban J connectivity index is -0.0000000153. The molecule has 12 heteroatoms. The van der Waals surface area contributed by atoms with Gasteiger partial charge in [0.25, 0.3) is 0 Å². The fraction of sp³-hybridized carbons (Fsp3) is 0. The first-order chi connectivity index (χ1) is 5.46. The SMILES string of the molecule is O=S(=O)=O.O=S(=O)=O.[CH2-]O.[CH2-]O.[Na+].[Na+]. The summed E-state index contributed by atoms with van der Waals surface area (Å²) in [5.41, 5.74) is 0. The Morgan fingerprint density at radius 1 is 0.571 bits per heavy atom. The smallest absolute Gasteiger partial charge is 0.569 e. The van der Waals surface area contributed by atoms with E-state index in [1.54, 1.807) is 0 Å². The number of hydrogen-bond donors (Lipinski definition) is 2. The molecule has 0 aromatic rings. The largest absolute Gasteiger partial charge is 1.00 e. The van der Waals surface area contributed by atoms with Crippen molar-refractivity contribution < 1.29 is 94.6 Å². The molecular formula is C2H6Na2O8S2. The van der Waals surface area contributed by atoms with Gasteiger partial charge >= 0.3 is 80.3 Å². The summed E-state index contributed by atoms with van der Waals surface area (Å²) in [5.74, 6) is 0. The maximum absolute atomic E-state index is 8.44. The summed E-state index contributed by atoms with van der Waals surface area (Å²) in [7, 11) is -1.72. The van der Waals surface area contributed by atoms with Crippen molar-refractivity contribution in [3.8, 4) is 0 Å². The standard InChI is InChI=1S/2CH3O.2Na.2O3S/c2*1-2;;;2*1-4(2)3/h2*2H,1H2;;;;/q2*-1;2*+1;;. The summed E-state index contributed by atoms with van der Waals surface area (Å²) in [6.45, 7) is 0. The molecule has 0 unspecified atom stereocenters. The second-order valence-electron chi connectivity index (χ2n) is 0.408. The van der Waals surface area contributed by atoms with Gasteiger partial charge in [0.1, 0.15) is 0 Å². The van der Waals surface area contributed by atoms with Crippen LogP contribution in [0.25, 0.3) is 0 Å². The van der Waals surface area contributed by atoms with Crippen LogP contribution in [0.3, 0.4) is 0 Å². The third-order valence-corrected chi connectivity index (χ3v) is 0. The average molecular weight is 268 g/mol. The van der Waals surface area contributed by atoms with Crippen LogP contribution in [0, 0.1) is 14.2 Å². The van der Waals surface area contributed by atoms with Crippen molar-refractivity contribution in [2.24, 2.45) is 0 Å². The van der Waals surface area contributed by atoms with Crippen molar-refractivity contribution >= 4 is 21.2 Å². The quantitative estimate of drug-likeness (QED) is 0.325. The van der Waals surface area contributed by atoms with Crippen LogP contribution in [0.2, 0.25) is 0 Å². The summed E-state index contributed by atoms with van der Waals surface area (Å²) in [5, 5.41) is 13.5. The molecular weight excluding hydrogens is 262 g/mol. The fourth-order valence-corrected chi connectivity index (χ4v) is 0. The van der Waals surface area contributed by atoms with Gasteiger partial charge in [-0.15, -0.1) is 25.3 Å². The Bertz CT molecular complexity index is 192. The third kappa shape index (κ3) is 1450. The molecule has 2 N–H and O–H groups in total. The Morgan fingerprint density at radius 3 is 0.571 bits per heavy atom. The molecule has 0 atom stereocenters. The molecule has 0 radical (unpaired) electrons. The van der Waals surface area contributed by atoms with Gasteiger partial charge in [-0.3, -0.25) is 0 Å². The molecule has 0 spiro atoms. The van der Waals surface area contributed by atoms with E-state index in [1.165, 1.54) is 0 Å². The first-order valence-electron chi connectivity index (χ1n) is 1.63. The van der Waals surface area contributed by atoms with Gasteiger partial charge in [-0.1, -0.05) is 0 Å². The van der Waals surface area contributed by atoms with Crippen LogP contribution in [0.1, 0.15) is 0 Å². The maximum atomic E-state index is 8.44. The molecule has 0 rings (SSSR count). The van der Waals surface area contributed by atoms with E-state index in [4.69, 9.17) is 35.5 Å². The van der Waals surface area contributed by atoms with E-state index in [0.717, 1.165) is 0 Å². The topological polar surface area (TPSA) is 143 Å². The van der Waals surface area contributed by atoms with Gasteiger partial charge in [-0.2, -0.15) is 0 Å². The second kappa shape index (κ2) is 47.8. The molecule has 0 aromatic heterocycles. The van der Waals surface area contributed by atoms with E-state index in [0.29, 0.717) is 0 Å². The minimum absolute atomic E-state index is 0. The van der Waals surface area contributed by atoms with Gasteiger partial charge in [0, 0.05) is 0 Å². The van der Waals surface area contributed by atoms with E-state index in [-0.39, 0.29) is 59.1 Å². The van der Waals surface area contributed by atoms with Crippen LogP contribution >= 0.6 is 0 Å². The van der Waals surface area contributed by atoms with Crippen LogP contribution in [0.5, 0.6) is 0 Å². The van der Waals surface area contributed by atoms with Crippen molar-refractivity contribution in [3.05, 3.63) is 14.2 Å². The van der Waals surface area contributed by atoms with Crippen molar-refractivity contribution in [2.45, 2.75) is 0 Å². The minimum Gasteiger partial charge on any atom is -0.569 e. The van der Waals surface area contributed by atoms with E-state index >= 15 is 0 Å². The number of rotatable bonds is 0. The Morgan fingerprint density at radius 2 is 0.571 bits per heavy atom. The monoisotopic (exact) mass is 268 g/mol. The Hall–Kier alpha value is 1.16. The van der Waals surface area contributed by atoms with Gasteiger partial charge in [-0.05, 0) is 0 Å². The molecule has 0 saturated carbocycles. The third-order valence-electron chi connectivity index (χ3n) is 0. The van der Waals surface area contributed by atoms with Gasteiger partial charge in [-0.25, -0.2) is 14.2 Å². The molecule has 14 heavy (non-hydrogen) atoms. The van der Waals surface area contributed by atoms with Gasteiger partial charge < -0.3 is 10.2 Å². The molecule has 76 valence electrons. The normalized spacial score (nSPS) is 4.29. The molecule has 0 fully saturated rings. The molecule has 0 aliphatic rings. The summed E-state index contributed by atoms with van der Waals surface area (Å²) in [6, 6.07) is 0. The molecule has 0 aromatic carbocycles. The van der Waals surface area contributed by atoms with Crippen molar-refractivity contribution in [1.82, 2.24) is 0 Å². The number of aliphatic hydroxyl groups is 2. The van der Waals surface area contributed by atoms with Crippen LogP contribution in [-0.4, -0.2) is 35.5 Å². The predicted octanol–water partition coefficient (Wildman–Crippen LogP) is -7.70. The molecule has 0 saturated heterocycles. The summed E-state index contributed by atoms with van der Waals surface area (Å²) in [6.07, 6.45) is 0. The molecule has 0 aliphatic carbocycles. The number of hydrogen-bond acceptors (Lipinski definition) is 8. The molecule has 0 bridgehead atoms. The van der Waals surface area contributed by atoms with Gasteiger partial charge in [0.2, 0.25) is 0 Å². The van der Waals surface area contributed by atoms with Crippen molar-refractivity contribution in [3.63, 3.8) is 0 Å². The van der Waals surface area contributed by atoms with E-state index in [1.807, 2.05) is 0 Å². The first kappa shape index (κ1) is 36.2. The zero-order valence-electron chi connectivity index (χ0n) is 7.57. The van der Waals surface area contributed by atoms with Gasteiger partial charge in [0.15, 0.2) is 0 Å². The van der Waals surface area contributed by atoms with Gasteiger partial charge in [0.05, 0.1) is 0 Å². The zero-order valence-corrected chi connectivity index (χ0v) is 13.2. The van der Waals surface area contributed by atoms with Crippen molar-refractivity contribution in [2.75, 3.05) is 0 Å². The van der Waals surface area contributed by atoms with Crippen LogP contribution in [0.15, 0.2) is 0 Å². The molecule has 8 nitrogen and oxygen atoms in total. The summed E-state index contributed by atoms with van der Waals surface area (Å²) < 4.78 is 50.7. The molecule has 0 aliphatic heterocycles. The molecule has 0 amide bonds. The minimum atomic E-state index is -3.11. The second-order valence-corrected chi connectivity index (χ2v) is 1.22. The summed E-state index contributed by atoms with van der Waals surface area (Å²) >= 11 is 0. The van der Waals surface area contributed by atoms with Crippen LogP contribution in [-0.2, 0) is 21.2 Å². The van der Waals surface area contributed by atoms with E-state index in [2.05, 4.69) is 14.2 Å². The Kier molecular flexibility index (Phi) is 124. The maximum Gasteiger partial charge on any atom is 1.00 e. The van der Waals surface area contributed by atoms with E-state index in [9.17, 15) is 0 Å².